The number of carbonyl (C=O) groups excluding carboxylic acids is 2. The van der Waals surface area contributed by atoms with Crippen molar-refractivity contribution in [2.24, 2.45) is 0 Å². The van der Waals surface area contributed by atoms with E-state index in [0.29, 0.717) is 5.76 Å². The fourth-order valence-electron chi connectivity index (χ4n) is 1.97. The first-order valence-corrected chi connectivity index (χ1v) is 5.79. The van der Waals surface area contributed by atoms with E-state index in [1.54, 1.807) is 6.92 Å². The molecule has 2 amide bonds. The van der Waals surface area contributed by atoms with Crippen LogP contribution in [0.1, 0.15) is 35.7 Å². The third-order valence-electron chi connectivity index (χ3n) is 3.10. The molecule has 1 aliphatic heterocycles. The monoisotopic (exact) mass is 266 g/mol. The lowest BCUT2D eigenvalue weighted by Crippen LogP contribution is -2.38. The summed E-state index contributed by atoms with van der Waals surface area (Å²) in [7, 11) is 1.44. The fourth-order valence-corrected chi connectivity index (χ4v) is 1.97. The van der Waals surface area contributed by atoms with Gasteiger partial charge < -0.3 is 9.52 Å². The highest BCUT2D eigenvalue weighted by molar-refractivity contribution is 6.05. The number of likely N-dealkylation sites (N-methyl/N-ethyl adjacent to an activating group) is 1. The molecule has 1 aromatic heterocycles. The van der Waals surface area contributed by atoms with Gasteiger partial charge in [-0.3, -0.25) is 19.8 Å². The zero-order valence-corrected chi connectivity index (χ0v) is 10.5. The number of carbonyl (C=O) groups is 3. The molecule has 1 aromatic rings. The van der Waals surface area contributed by atoms with E-state index < -0.39 is 12.0 Å². The Morgan fingerprint density at radius 1 is 1.53 bits per heavy atom. The quantitative estimate of drug-likeness (QED) is 0.764. The van der Waals surface area contributed by atoms with Crippen molar-refractivity contribution < 1.29 is 23.9 Å². The Bertz CT molecular complexity index is 536. The molecule has 0 aromatic carbocycles. The van der Waals surface area contributed by atoms with Gasteiger partial charge in [0.15, 0.2) is 0 Å². The van der Waals surface area contributed by atoms with Crippen LogP contribution in [0.4, 0.5) is 0 Å². The molecule has 2 rings (SSSR count). The van der Waals surface area contributed by atoms with Crippen molar-refractivity contribution >= 4 is 17.8 Å². The first-order valence-electron chi connectivity index (χ1n) is 5.79. The van der Waals surface area contributed by atoms with E-state index in [2.05, 4.69) is 5.32 Å². The number of furan rings is 1. The second-order valence-electron chi connectivity index (χ2n) is 4.44. The zero-order valence-electron chi connectivity index (χ0n) is 10.5. The summed E-state index contributed by atoms with van der Waals surface area (Å²) in [6.07, 6.45) is 0.103. The Labute approximate surface area is 109 Å². The van der Waals surface area contributed by atoms with Crippen LogP contribution in [-0.4, -0.2) is 40.9 Å². The molecule has 0 radical (unpaired) electrons. The number of imide groups is 1. The third-order valence-corrected chi connectivity index (χ3v) is 3.10. The summed E-state index contributed by atoms with van der Waals surface area (Å²) in [5.41, 5.74) is 0. The molecule has 7 heteroatoms. The predicted octanol–water partition coefficient (Wildman–Crippen LogP) is 0.386. The van der Waals surface area contributed by atoms with Gasteiger partial charge in [0.2, 0.25) is 17.6 Å². The first-order chi connectivity index (χ1) is 8.90. The molecule has 102 valence electrons. The zero-order chi connectivity index (χ0) is 14.2. The fraction of sp³-hybridized carbons (Fsp3) is 0.417. The van der Waals surface area contributed by atoms with Crippen molar-refractivity contribution in [2.75, 3.05) is 7.05 Å². The standard InChI is InChI=1S/C12H14N2O5/c1-6(8-3-4-9(19-8)12(17)18)13-7-5-10(15)14(2)11(7)16/h3-4,6-7,13H,5H2,1-2H3,(H,17,18). The minimum atomic E-state index is -1.15. The van der Waals surface area contributed by atoms with Gasteiger partial charge in [0.1, 0.15) is 5.76 Å². The molecule has 19 heavy (non-hydrogen) atoms. The maximum atomic E-state index is 11.7. The average molecular weight is 266 g/mol. The number of aromatic carboxylic acids is 1. The van der Waals surface area contributed by atoms with Crippen LogP contribution in [0.3, 0.4) is 0 Å². The Hall–Kier alpha value is -2.15. The Morgan fingerprint density at radius 2 is 2.21 bits per heavy atom. The molecule has 1 aliphatic rings. The highest BCUT2D eigenvalue weighted by atomic mass is 16.4. The summed E-state index contributed by atoms with van der Waals surface area (Å²) >= 11 is 0. The minimum absolute atomic E-state index is 0.103. The van der Waals surface area contributed by atoms with Crippen LogP contribution in [0, 0.1) is 0 Å². The largest absolute Gasteiger partial charge is 0.475 e. The second kappa shape index (κ2) is 4.85. The van der Waals surface area contributed by atoms with Gasteiger partial charge in [0.25, 0.3) is 0 Å². The minimum Gasteiger partial charge on any atom is -0.475 e. The van der Waals surface area contributed by atoms with Gasteiger partial charge in [0.05, 0.1) is 18.5 Å². The van der Waals surface area contributed by atoms with Gasteiger partial charge in [-0.25, -0.2) is 4.79 Å². The summed E-state index contributed by atoms with van der Waals surface area (Å²) < 4.78 is 5.13. The molecule has 0 spiro atoms. The van der Waals surface area contributed by atoms with Crippen LogP contribution < -0.4 is 5.32 Å². The lowest BCUT2D eigenvalue weighted by atomic mass is 10.2. The number of hydrogen-bond donors (Lipinski definition) is 2. The van der Waals surface area contributed by atoms with Crippen molar-refractivity contribution in [1.82, 2.24) is 10.2 Å². The highest BCUT2D eigenvalue weighted by Crippen LogP contribution is 2.20. The van der Waals surface area contributed by atoms with E-state index in [-0.39, 0.29) is 30.0 Å². The number of nitrogens with one attached hydrogen (secondary N) is 1. The van der Waals surface area contributed by atoms with E-state index in [4.69, 9.17) is 9.52 Å². The van der Waals surface area contributed by atoms with Gasteiger partial charge in [0, 0.05) is 7.05 Å². The summed E-state index contributed by atoms with van der Waals surface area (Å²) in [5, 5.41) is 11.7. The molecule has 2 N–H and O–H groups in total. The van der Waals surface area contributed by atoms with E-state index in [1.165, 1.54) is 19.2 Å². The predicted molar refractivity (Wildman–Crippen MR) is 63.4 cm³/mol. The van der Waals surface area contributed by atoms with Crippen molar-refractivity contribution in [3.05, 3.63) is 23.7 Å². The van der Waals surface area contributed by atoms with Crippen LogP contribution in [0.15, 0.2) is 16.5 Å². The molecule has 1 fully saturated rings. The molecule has 0 saturated carbocycles. The Balaban J connectivity index is 2.05. The molecule has 1 saturated heterocycles. The van der Waals surface area contributed by atoms with Gasteiger partial charge in [-0.15, -0.1) is 0 Å². The molecule has 0 aliphatic carbocycles. The summed E-state index contributed by atoms with van der Waals surface area (Å²) in [6.45, 7) is 1.74. The lowest BCUT2D eigenvalue weighted by Gasteiger charge is -2.15. The first kappa shape index (κ1) is 13.3. The summed E-state index contributed by atoms with van der Waals surface area (Å²) in [4.78, 5) is 34.9. The number of rotatable bonds is 4. The molecule has 7 nitrogen and oxygen atoms in total. The van der Waals surface area contributed by atoms with E-state index in [9.17, 15) is 14.4 Å². The molecule has 2 atom stereocenters. The van der Waals surface area contributed by atoms with Crippen LogP contribution in [-0.2, 0) is 9.59 Å². The van der Waals surface area contributed by atoms with E-state index >= 15 is 0 Å². The van der Waals surface area contributed by atoms with Crippen LogP contribution in [0.5, 0.6) is 0 Å². The van der Waals surface area contributed by atoms with Gasteiger partial charge in [-0.1, -0.05) is 0 Å². The van der Waals surface area contributed by atoms with Crippen molar-refractivity contribution in [3.63, 3.8) is 0 Å². The van der Waals surface area contributed by atoms with Gasteiger partial charge in [-0.2, -0.15) is 0 Å². The average Bonchev–Trinajstić information content (AvgIpc) is 2.92. The normalized spacial score (nSPS) is 20.9. The molecular formula is C12H14N2O5. The topological polar surface area (TPSA) is 99.9 Å². The summed E-state index contributed by atoms with van der Waals surface area (Å²) in [6, 6.07) is 1.93. The van der Waals surface area contributed by atoms with E-state index in [1.807, 2.05) is 0 Å². The SMILES string of the molecule is CC(NC1CC(=O)N(C)C1=O)c1ccc(C(=O)O)o1. The number of hydrogen-bond acceptors (Lipinski definition) is 5. The Morgan fingerprint density at radius 3 is 2.68 bits per heavy atom. The van der Waals surface area contributed by atoms with E-state index in [0.717, 1.165) is 4.90 Å². The maximum absolute atomic E-state index is 11.7. The second-order valence-corrected chi connectivity index (χ2v) is 4.44. The van der Waals surface area contributed by atoms with Crippen LogP contribution >= 0.6 is 0 Å². The molecule has 2 unspecified atom stereocenters. The summed E-state index contributed by atoms with van der Waals surface area (Å²) in [5.74, 6) is -1.42. The number of nitrogens with zero attached hydrogens (tertiary/aromatic N) is 1. The Kier molecular flexibility index (Phi) is 3.39. The highest BCUT2D eigenvalue weighted by Gasteiger charge is 2.36. The molecule has 0 bridgehead atoms. The lowest BCUT2D eigenvalue weighted by molar-refractivity contribution is -0.137. The van der Waals surface area contributed by atoms with Crippen molar-refractivity contribution in [3.8, 4) is 0 Å². The number of likely N-dealkylation sites (tertiary alicyclic amines) is 1. The van der Waals surface area contributed by atoms with Crippen molar-refractivity contribution in [2.45, 2.75) is 25.4 Å². The number of carboxylic acids is 1. The maximum Gasteiger partial charge on any atom is 0.371 e. The van der Waals surface area contributed by atoms with Gasteiger partial charge >= 0.3 is 5.97 Å². The van der Waals surface area contributed by atoms with Crippen LogP contribution in [0.25, 0.3) is 0 Å². The van der Waals surface area contributed by atoms with Gasteiger partial charge in [-0.05, 0) is 19.1 Å². The smallest absolute Gasteiger partial charge is 0.371 e. The van der Waals surface area contributed by atoms with Crippen molar-refractivity contribution in [1.29, 1.82) is 0 Å². The molecular weight excluding hydrogens is 252 g/mol. The third kappa shape index (κ3) is 2.50. The number of amides is 2. The molecule has 2 heterocycles. The number of carboxylic acid groups (broad SMARTS) is 1. The van der Waals surface area contributed by atoms with Crippen LogP contribution in [0.2, 0.25) is 0 Å².